The molecule has 3 heterocycles. The number of carboxylic acid groups (broad SMARTS) is 1. The van der Waals surface area contributed by atoms with Crippen LogP contribution in [-0.2, 0) is 4.79 Å². The second kappa shape index (κ2) is 8.16. The number of carbonyl (C=O) groups is 1. The van der Waals surface area contributed by atoms with Crippen LogP contribution in [0.2, 0.25) is 0 Å². The van der Waals surface area contributed by atoms with Crippen LogP contribution in [0.5, 0.6) is 5.75 Å². The Hall–Kier alpha value is -3.64. The molecule has 1 aliphatic heterocycles. The number of nitriles is 1. The Morgan fingerprint density at radius 1 is 1.28 bits per heavy atom. The van der Waals surface area contributed by atoms with Gasteiger partial charge in [-0.15, -0.1) is 0 Å². The molecule has 1 saturated heterocycles. The van der Waals surface area contributed by atoms with Crippen LogP contribution in [0, 0.1) is 11.3 Å². The van der Waals surface area contributed by atoms with Crippen molar-refractivity contribution < 1.29 is 14.6 Å². The van der Waals surface area contributed by atoms with E-state index in [1.54, 1.807) is 36.8 Å². The van der Waals surface area contributed by atoms with Gasteiger partial charge >= 0.3 is 5.97 Å². The molecule has 1 fully saturated rings. The molecule has 0 amide bonds. The summed E-state index contributed by atoms with van der Waals surface area (Å²) in [5.74, 6) is 0.291. The molecule has 1 atom stereocenters. The van der Waals surface area contributed by atoms with Crippen molar-refractivity contribution in [3.05, 3.63) is 48.4 Å². The molecule has 3 aromatic rings. The number of aromatic amines is 1. The Labute approximate surface area is 167 Å². The third-order valence-electron chi connectivity index (χ3n) is 5.03. The zero-order chi connectivity index (χ0) is 20.2. The van der Waals surface area contributed by atoms with E-state index in [0.29, 0.717) is 43.4 Å². The van der Waals surface area contributed by atoms with Crippen molar-refractivity contribution in [2.75, 3.05) is 37.7 Å². The molecule has 9 nitrogen and oxygen atoms in total. The molecule has 0 bridgehead atoms. The summed E-state index contributed by atoms with van der Waals surface area (Å²) in [6, 6.07) is 8.29. The number of nitrogens with one attached hydrogen (secondary N) is 1. The molecule has 0 aliphatic carbocycles. The number of fused-ring (bicyclic) bond motifs is 1. The van der Waals surface area contributed by atoms with E-state index in [0.717, 1.165) is 10.9 Å². The number of aliphatic carboxylic acids is 1. The predicted molar refractivity (Wildman–Crippen MR) is 106 cm³/mol. The zero-order valence-corrected chi connectivity index (χ0v) is 15.7. The third kappa shape index (κ3) is 3.83. The Morgan fingerprint density at radius 2 is 2.03 bits per heavy atom. The van der Waals surface area contributed by atoms with E-state index < -0.39 is 12.0 Å². The van der Waals surface area contributed by atoms with Gasteiger partial charge in [0.2, 0.25) is 5.95 Å². The lowest BCUT2D eigenvalue weighted by molar-refractivity contribution is -0.143. The smallest absolute Gasteiger partial charge is 0.325 e. The second-order valence-electron chi connectivity index (χ2n) is 6.71. The van der Waals surface area contributed by atoms with Gasteiger partial charge in [0.1, 0.15) is 17.9 Å². The molecule has 2 N–H and O–H groups in total. The molecule has 2 aromatic heterocycles. The average molecular weight is 392 g/mol. The first-order valence-corrected chi connectivity index (χ1v) is 9.27. The number of rotatable bonds is 6. The van der Waals surface area contributed by atoms with Gasteiger partial charge in [0.05, 0.1) is 0 Å². The van der Waals surface area contributed by atoms with Gasteiger partial charge in [-0.25, -0.2) is 9.97 Å². The van der Waals surface area contributed by atoms with Crippen LogP contribution in [0.3, 0.4) is 0 Å². The molecular formula is C20H20N6O3. The summed E-state index contributed by atoms with van der Waals surface area (Å²) >= 11 is 0. The summed E-state index contributed by atoms with van der Waals surface area (Å²) < 4.78 is 5.38. The van der Waals surface area contributed by atoms with Crippen molar-refractivity contribution in [3.63, 3.8) is 0 Å². The summed E-state index contributed by atoms with van der Waals surface area (Å²) in [6.07, 6.45) is 5.14. The van der Waals surface area contributed by atoms with Crippen molar-refractivity contribution in [2.45, 2.75) is 6.04 Å². The molecule has 0 spiro atoms. The number of hydrogen-bond donors (Lipinski definition) is 2. The third-order valence-corrected chi connectivity index (χ3v) is 5.03. The highest BCUT2D eigenvalue weighted by Gasteiger charge is 2.32. The van der Waals surface area contributed by atoms with Gasteiger partial charge in [0.25, 0.3) is 0 Å². The van der Waals surface area contributed by atoms with Crippen molar-refractivity contribution in [1.82, 2.24) is 19.9 Å². The minimum absolute atomic E-state index is 0.0584. The molecule has 29 heavy (non-hydrogen) atoms. The highest BCUT2D eigenvalue weighted by Crippen LogP contribution is 2.32. The summed E-state index contributed by atoms with van der Waals surface area (Å²) in [6.45, 7) is 2.38. The first kappa shape index (κ1) is 18.7. The number of carboxylic acids is 1. The fraction of sp³-hybridized carbons (Fsp3) is 0.300. The van der Waals surface area contributed by atoms with Crippen LogP contribution < -0.4 is 9.64 Å². The normalized spacial score (nSPS) is 15.8. The lowest BCUT2D eigenvalue weighted by Gasteiger charge is -2.37. The summed E-state index contributed by atoms with van der Waals surface area (Å²) in [5.41, 5.74) is 1.51. The molecule has 1 aliphatic rings. The Kier molecular flexibility index (Phi) is 5.27. The first-order chi connectivity index (χ1) is 14.2. The van der Waals surface area contributed by atoms with Crippen LogP contribution in [0.4, 0.5) is 5.95 Å². The minimum atomic E-state index is -0.904. The van der Waals surface area contributed by atoms with Crippen molar-refractivity contribution >= 4 is 22.8 Å². The standard InChI is InChI=1S/C20H20N6O3/c21-4-11-29-14-2-3-17-15(12-14)16(13-24-17)18(19(27)28)25-7-9-26(10-8-25)20-22-5-1-6-23-20/h1-3,5-6,12-13,18,24H,7-11H2,(H,27,28)/t18-/m1/s1. The number of anilines is 1. The molecule has 0 unspecified atom stereocenters. The maximum absolute atomic E-state index is 12.2. The molecule has 4 rings (SSSR count). The van der Waals surface area contributed by atoms with Crippen LogP contribution in [0.1, 0.15) is 11.6 Å². The van der Waals surface area contributed by atoms with Gasteiger partial charge in [-0.05, 0) is 24.3 Å². The zero-order valence-electron chi connectivity index (χ0n) is 15.7. The van der Waals surface area contributed by atoms with Crippen LogP contribution in [-0.4, -0.2) is 63.7 Å². The van der Waals surface area contributed by atoms with Crippen LogP contribution >= 0.6 is 0 Å². The van der Waals surface area contributed by atoms with E-state index in [1.807, 2.05) is 17.0 Å². The number of ether oxygens (including phenoxy) is 1. The first-order valence-electron chi connectivity index (χ1n) is 9.27. The van der Waals surface area contributed by atoms with Crippen molar-refractivity contribution in [3.8, 4) is 11.8 Å². The predicted octanol–water partition coefficient (Wildman–Crippen LogP) is 1.81. The Bertz CT molecular complexity index is 1040. The van der Waals surface area contributed by atoms with E-state index in [-0.39, 0.29) is 6.61 Å². The van der Waals surface area contributed by atoms with Crippen LogP contribution in [0.25, 0.3) is 10.9 Å². The maximum atomic E-state index is 12.2. The van der Waals surface area contributed by atoms with E-state index >= 15 is 0 Å². The fourth-order valence-corrected chi connectivity index (χ4v) is 3.67. The monoisotopic (exact) mass is 392 g/mol. The Balaban J connectivity index is 1.57. The van der Waals surface area contributed by atoms with Gasteiger partial charge in [-0.2, -0.15) is 5.26 Å². The number of piperazine rings is 1. The summed E-state index contributed by atoms with van der Waals surface area (Å²) in [7, 11) is 0. The van der Waals surface area contributed by atoms with E-state index in [2.05, 4.69) is 19.9 Å². The van der Waals surface area contributed by atoms with E-state index in [4.69, 9.17) is 10.00 Å². The summed E-state index contributed by atoms with van der Waals surface area (Å²) in [4.78, 5) is 27.9. The van der Waals surface area contributed by atoms with Gasteiger partial charge in [0, 0.05) is 61.2 Å². The molecule has 0 radical (unpaired) electrons. The SMILES string of the molecule is N#CCOc1ccc2[nH]cc([C@H](C(=O)O)N3CCN(c4ncccn4)CC3)c2c1. The van der Waals surface area contributed by atoms with Crippen LogP contribution in [0.15, 0.2) is 42.9 Å². The van der Waals surface area contributed by atoms with E-state index in [1.165, 1.54) is 0 Å². The lowest BCUT2D eigenvalue weighted by atomic mass is 10.0. The highest BCUT2D eigenvalue weighted by atomic mass is 16.5. The van der Waals surface area contributed by atoms with Crippen molar-refractivity contribution in [1.29, 1.82) is 5.26 Å². The maximum Gasteiger partial charge on any atom is 0.325 e. The van der Waals surface area contributed by atoms with E-state index in [9.17, 15) is 9.90 Å². The van der Waals surface area contributed by atoms with Gasteiger partial charge in [0.15, 0.2) is 6.61 Å². The van der Waals surface area contributed by atoms with Gasteiger partial charge in [-0.3, -0.25) is 9.69 Å². The average Bonchev–Trinajstić information content (AvgIpc) is 3.16. The lowest BCUT2D eigenvalue weighted by Crippen LogP contribution is -2.49. The van der Waals surface area contributed by atoms with Gasteiger partial charge in [-0.1, -0.05) is 0 Å². The molecule has 1 aromatic carbocycles. The molecular weight excluding hydrogens is 372 g/mol. The van der Waals surface area contributed by atoms with Crippen molar-refractivity contribution in [2.24, 2.45) is 0 Å². The number of nitrogens with zero attached hydrogens (tertiary/aromatic N) is 5. The largest absolute Gasteiger partial charge is 0.480 e. The number of H-pyrrole nitrogens is 1. The topological polar surface area (TPSA) is 118 Å². The number of aromatic nitrogens is 3. The quantitative estimate of drug-likeness (QED) is 0.652. The summed E-state index contributed by atoms with van der Waals surface area (Å²) in [5, 5.41) is 19.5. The van der Waals surface area contributed by atoms with Gasteiger partial charge < -0.3 is 19.7 Å². The molecule has 9 heteroatoms. The minimum Gasteiger partial charge on any atom is -0.480 e. The number of hydrogen-bond acceptors (Lipinski definition) is 7. The molecule has 148 valence electrons. The number of benzene rings is 1. The molecule has 0 saturated carbocycles. The Morgan fingerprint density at radius 3 is 2.72 bits per heavy atom. The highest BCUT2D eigenvalue weighted by molar-refractivity contribution is 5.90. The second-order valence-corrected chi connectivity index (χ2v) is 6.71. The fourth-order valence-electron chi connectivity index (χ4n) is 3.67.